The number of nitrogens with one attached hydrogen (secondary N) is 1. The third-order valence-corrected chi connectivity index (χ3v) is 4.03. The van der Waals surface area contributed by atoms with Gasteiger partial charge in [0.25, 0.3) is 5.56 Å². The molecule has 2 aromatic heterocycles. The van der Waals surface area contributed by atoms with Crippen molar-refractivity contribution in [1.82, 2.24) is 29.3 Å². The molecule has 1 fully saturated rings. The largest absolute Gasteiger partial charge is 0.508 e. The molecule has 0 aromatic carbocycles. The average Bonchev–Trinajstić information content (AvgIpc) is 3.15. The van der Waals surface area contributed by atoms with Gasteiger partial charge in [0.15, 0.2) is 17.4 Å². The van der Waals surface area contributed by atoms with Gasteiger partial charge in [0, 0.05) is 34.4 Å². The zero-order valence-corrected chi connectivity index (χ0v) is 15.9. The first kappa shape index (κ1) is 19.8. The predicted molar refractivity (Wildman–Crippen MR) is 100 cm³/mol. The van der Waals surface area contributed by atoms with E-state index in [4.69, 9.17) is 4.74 Å². The summed E-state index contributed by atoms with van der Waals surface area (Å²) >= 11 is 0. The highest BCUT2D eigenvalue weighted by Crippen LogP contribution is 2.33. The molecule has 1 aliphatic rings. The number of hydrogen-bond donors (Lipinski definition) is 4. The summed E-state index contributed by atoms with van der Waals surface area (Å²) in [6.45, 7) is 0. The van der Waals surface area contributed by atoms with Crippen LogP contribution in [-0.4, -0.2) is 97.5 Å². The van der Waals surface area contributed by atoms with Crippen LogP contribution in [0.4, 0.5) is 5.95 Å². The van der Waals surface area contributed by atoms with Crippen LogP contribution >= 0.6 is 0 Å². The highest BCUT2D eigenvalue weighted by molar-refractivity contribution is 5.71. The molecule has 4 N–H and O–H groups in total. The molecule has 3 heterocycles. The highest BCUT2D eigenvalue weighted by atomic mass is 16.6. The number of hydrogen-bond acceptors (Lipinski definition) is 9. The van der Waals surface area contributed by atoms with Gasteiger partial charge in [0.05, 0.1) is 12.7 Å². The molecular weight excluding hydrogens is 370 g/mol. The lowest BCUT2D eigenvalue weighted by Crippen LogP contribution is -2.32. The molecule has 0 spiro atoms. The zero-order chi connectivity index (χ0) is 20.6. The van der Waals surface area contributed by atoms with Gasteiger partial charge in [-0.05, 0) is 0 Å². The summed E-state index contributed by atoms with van der Waals surface area (Å²) in [7, 11) is 6.92. The van der Waals surface area contributed by atoms with Crippen LogP contribution in [-0.2, 0) is 4.74 Å². The van der Waals surface area contributed by atoms with Gasteiger partial charge < -0.3 is 29.9 Å². The normalized spacial score (nSPS) is 25.7. The van der Waals surface area contributed by atoms with E-state index in [1.165, 1.54) is 23.4 Å². The third kappa shape index (κ3) is 3.69. The number of fused-ring (bicyclic) bond motifs is 1. The smallest absolute Gasteiger partial charge is 0.280 e. The van der Waals surface area contributed by atoms with E-state index in [1.54, 1.807) is 38.0 Å². The van der Waals surface area contributed by atoms with Crippen LogP contribution < -0.4 is 5.56 Å². The number of H-pyrrole nitrogens is 1. The fraction of sp³-hybridized carbons (Fsp3) is 0.500. The van der Waals surface area contributed by atoms with E-state index in [0.717, 1.165) is 0 Å². The molecule has 0 amide bonds. The fourth-order valence-corrected chi connectivity index (χ4v) is 2.80. The maximum absolute atomic E-state index is 12.2. The summed E-state index contributed by atoms with van der Waals surface area (Å²) in [5.41, 5.74) is -0.345. The maximum atomic E-state index is 12.2. The standard InChI is InChI=1S/C16H23N7O5/c1-21(2)5-8(24)12-10(25)11(26)15(28-12)23-7-17-9-13(23)19-16(20-14(9)27)18-6-22(3)4/h5-7,10-12,15,24-26H,1-4H3,(H,19,20,27)/b8-5-,18-6+/t10-,11+,12+,15+/m0/s1. The van der Waals surface area contributed by atoms with Gasteiger partial charge in [0.2, 0.25) is 5.95 Å². The van der Waals surface area contributed by atoms with Crippen molar-refractivity contribution in [3.63, 3.8) is 0 Å². The number of rotatable bonds is 5. The topological polar surface area (TPSA) is 152 Å². The quantitative estimate of drug-likeness (QED) is 0.282. The third-order valence-electron chi connectivity index (χ3n) is 4.03. The summed E-state index contributed by atoms with van der Waals surface area (Å²) in [5.74, 6) is -0.196. The van der Waals surface area contributed by atoms with Crippen LogP contribution in [0.15, 0.2) is 28.1 Å². The average molecular weight is 393 g/mol. The van der Waals surface area contributed by atoms with Crippen molar-refractivity contribution >= 4 is 23.5 Å². The van der Waals surface area contributed by atoms with E-state index in [2.05, 4.69) is 19.9 Å². The first-order chi connectivity index (χ1) is 13.2. The van der Waals surface area contributed by atoms with Gasteiger partial charge in [-0.1, -0.05) is 0 Å². The molecule has 152 valence electrons. The molecular formula is C16H23N7O5. The minimum Gasteiger partial charge on any atom is -0.508 e. The van der Waals surface area contributed by atoms with E-state index in [9.17, 15) is 20.1 Å². The molecule has 0 bridgehead atoms. The Bertz CT molecular complexity index is 964. The Hall–Kier alpha value is -2.96. The molecule has 0 radical (unpaired) electrons. The molecule has 1 saturated heterocycles. The number of aromatic amines is 1. The second-order valence-electron chi connectivity index (χ2n) is 6.87. The fourth-order valence-electron chi connectivity index (χ4n) is 2.80. The van der Waals surface area contributed by atoms with Crippen molar-refractivity contribution in [1.29, 1.82) is 0 Å². The molecule has 0 saturated carbocycles. The number of ether oxygens (including phenoxy) is 1. The van der Waals surface area contributed by atoms with Crippen molar-refractivity contribution < 1.29 is 20.1 Å². The summed E-state index contributed by atoms with van der Waals surface area (Å²) in [5, 5.41) is 30.9. The van der Waals surface area contributed by atoms with Crippen molar-refractivity contribution in [3.8, 4) is 0 Å². The molecule has 1 aliphatic heterocycles. The van der Waals surface area contributed by atoms with E-state index in [-0.39, 0.29) is 22.9 Å². The minimum absolute atomic E-state index is 0.0330. The number of aliphatic hydroxyl groups excluding tert-OH is 3. The lowest BCUT2D eigenvalue weighted by atomic mass is 10.1. The monoisotopic (exact) mass is 393 g/mol. The van der Waals surface area contributed by atoms with Crippen LogP contribution in [0.1, 0.15) is 6.23 Å². The summed E-state index contributed by atoms with van der Waals surface area (Å²) in [6.07, 6.45) is -0.901. The Morgan fingerprint density at radius 1 is 1.29 bits per heavy atom. The second-order valence-corrected chi connectivity index (χ2v) is 6.87. The lowest BCUT2D eigenvalue weighted by Gasteiger charge is -2.16. The van der Waals surface area contributed by atoms with Crippen molar-refractivity contribution in [2.45, 2.75) is 24.5 Å². The Kier molecular flexibility index (Phi) is 5.36. The molecule has 2 aromatic rings. The lowest BCUT2D eigenvalue weighted by molar-refractivity contribution is -0.0346. The molecule has 0 aliphatic carbocycles. The maximum Gasteiger partial charge on any atom is 0.280 e. The van der Waals surface area contributed by atoms with Gasteiger partial charge in [-0.25, -0.2) is 9.98 Å². The van der Waals surface area contributed by atoms with E-state index < -0.39 is 30.1 Å². The number of aromatic nitrogens is 4. The number of imidazole rings is 1. The van der Waals surface area contributed by atoms with Crippen LogP contribution in [0.25, 0.3) is 11.2 Å². The van der Waals surface area contributed by atoms with Crippen molar-refractivity contribution in [2.75, 3.05) is 28.2 Å². The van der Waals surface area contributed by atoms with Gasteiger partial charge in [-0.3, -0.25) is 14.3 Å². The predicted octanol–water partition coefficient (Wildman–Crippen LogP) is -1.08. The molecule has 28 heavy (non-hydrogen) atoms. The van der Waals surface area contributed by atoms with Crippen molar-refractivity contribution in [3.05, 3.63) is 28.6 Å². The first-order valence-corrected chi connectivity index (χ1v) is 8.45. The summed E-state index contributed by atoms with van der Waals surface area (Å²) in [4.78, 5) is 30.3. The van der Waals surface area contributed by atoms with Crippen LogP contribution in [0.3, 0.4) is 0 Å². The Balaban J connectivity index is 2.00. The van der Waals surface area contributed by atoms with E-state index in [1.807, 2.05) is 0 Å². The minimum atomic E-state index is -1.38. The van der Waals surface area contributed by atoms with Gasteiger partial charge in [0.1, 0.15) is 24.1 Å². The second kappa shape index (κ2) is 7.58. The number of aliphatic imine (C=N–C) groups is 1. The molecule has 4 atom stereocenters. The molecule has 12 heteroatoms. The molecule has 0 unspecified atom stereocenters. The number of aliphatic hydroxyl groups is 3. The molecule has 12 nitrogen and oxygen atoms in total. The Labute approximate surface area is 160 Å². The van der Waals surface area contributed by atoms with Crippen LogP contribution in [0.5, 0.6) is 0 Å². The number of nitrogens with zero attached hydrogens (tertiary/aromatic N) is 6. The van der Waals surface area contributed by atoms with Crippen LogP contribution in [0, 0.1) is 0 Å². The van der Waals surface area contributed by atoms with Gasteiger partial charge in [-0.2, -0.15) is 4.98 Å². The van der Waals surface area contributed by atoms with Gasteiger partial charge in [-0.15, -0.1) is 0 Å². The van der Waals surface area contributed by atoms with Crippen molar-refractivity contribution in [2.24, 2.45) is 4.99 Å². The SMILES string of the molecule is CN(C)/C=C(\O)[C@H]1O[C@@H](n2cnc3c(=O)[nH]c(/N=C/N(C)C)nc32)[C@H](O)[C@@H]1O. The Morgan fingerprint density at radius 2 is 2.00 bits per heavy atom. The van der Waals surface area contributed by atoms with Crippen LogP contribution in [0.2, 0.25) is 0 Å². The summed E-state index contributed by atoms with van der Waals surface area (Å²) < 4.78 is 6.99. The zero-order valence-electron chi connectivity index (χ0n) is 15.9. The highest BCUT2D eigenvalue weighted by Gasteiger charge is 2.46. The Morgan fingerprint density at radius 3 is 2.64 bits per heavy atom. The molecule has 3 rings (SSSR count). The van der Waals surface area contributed by atoms with E-state index >= 15 is 0 Å². The first-order valence-electron chi connectivity index (χ1n) is 8.45. The summed E-state index contributed by atoms with van der Waals surface area (Å²) in [6, 6.07) is 0. The van der Waals surface area contributed by atoms with Gasteiger partial charge >= 0.3 is 0 Å². The van der Waals surface area contributed by atoms with E-state index in [0.29, 0.717) is 0 Å².